The van der Waals surface area contributed by atoms with Crippen molar-refractivity contribution in [3.8, 4) is 0 Å². The second-order valence-electron chi connectivity index (χ2n) is 6.19. The van der Waals surface area contributed by atoms with Crippen LogP contribution in [-0.2, 0) is 4.79 Å². The molecule has 2 bridgehead atoms. The smallest absolute Gasteiger partial charge is 0.223 e. The molecule has 2 saturated carbocycles. The first kappa shape index (κ1) is 12.9. The van der Waals surface area contributed by atoms with Gasteiger partial charge >= 0.3 is 0 Å². The molecule has 1 amide bonds. The van der Waals surface area contributed by atoms with Crippen LogP contribution in [0.15, 0.2) is 0 Å². The summed E-state index contributed by atoms with van der Waals surface area (Å²) in [5, 5.41) is 3.23. The van der Waals surface area contributed by atoms with Crippen LogP contribution in [-0.4, -0.2) is 11.9 Å². The van der Waals surface area contributed by atoms with Crippen molar-refractivity contribution in [3.63, 3.8) is 0 Å². The van der Waals surface area contributed by atoms with Gasteiger partial charge < -0.3 is 5.32 Å². The summed E-state index contributed by atoms with van der Waals surface area (Å²) in [5.41, 5.74) is 0. The Morgan fingerprint density at radius 2 is 2.12 bits per heavy atom. The molecular formula is C15H27NO. The largest absolute Gasteiger partial charge is 0.353 e. The van der Waals surface area contributed by atoms with Crippen molar-refractivity contribution in [1.82, 2.24) is 5.32 Å². The molecule has 0 radical (unpaired) electrons. The van der Waals surface area contributed by atoms with Gasteiger partial charge in [-0.3, -0.25) is 4.79 Å². The molecule has 98 valence electrons. The molecule has 0 aromatic carbocycles. The van der Waals surface area contributed by atoms with E-state index in [2.05, 4.69) is 19.2 Å². The highest BCUT2D eigenvalue weighted by atomic mass is 16.2. The number of fused-ring (bicyclic) bond motifs is 2. The van der Waals surface area contributed by atoms with Gasteiger partial charge in [0.2, 0.25) is 5.91 Å². The van der Waals surface area contributed by atoms with E-state index in [0.29, 0.717) is 23.8 Å². The molecule has 0 heterocycles. The first-order valence-electron chi connectivity index (χ1n) is 7.51. The lowest BCUT2D eigenvalue weighted by Gasteiger charge is -2.23. The van der Waals surface area contributed by atoms with Gasteiger partial charge in [-0.05, 0) is 44.4 Å². The zero-order valence-corrected chi connectivity index (χ0v) is 11.4. The van der Waals surface area contributed by atoms with Crippen LogP contribution in [0.2, 0.25) is 0 Å². The van der Waals surface area contributed by atoms with Crippen molar-refractivity contribution in [2.75, 3.05) is 0 Å². The minimum absolute atomic E-state index is 0.348. The van der Waals surface area contributed by atoms with E-state index in [1.165, 1.54) is 38.5 Å². The Kier molecular flexibility index (Phi) is 4.47. The van der Waals surface area contributed by atoms with Gasteiger partial charge in [0.05, 0.1) is 0 Å². The van der Waals surface area contributed by atoms with E-state index in [4.69, 9.17) is 0 Å². The van der Waals surface area contributed by atoms with E-state index in [9.17, 15) is 4.79 Å². The number of hydrogen-bond acceptors (Lipinski definition) is 1. The molecule has 0 aliphatic heterocycles. The van der Waals surface area contributed by atoms with Gasteiger partial charge in [-0.25, -0.2) is 0 Å². The van der Waals surface area contributed by atoms with Crippen LogP contribution in [0.3, 0.4) is 0 Å². The molecule has 2 nitrogen and oxygen atoms in total. The van der Waals surface area contributed by atoms with E-state index in [1.54, 1.807) is 0 Å². The summed E-state index contributed by atoms with van der Waals surface area (Å²) in [5.74, 6) is 2.28. The number of hydrogen-bond donors (Lipinski definition) is 1. The van der Waals surface area contributed by atoms with Crippen molar-refractivity contribution in [2.45, 2.75) is 71.3 Å². The summed E-state index contributed by atoms with van der Waals surface area (Å²) in [7, 11) is 0. The molecule has 17 heavy (non-hydrogen) atoms. The highest BCUT2D eigenvalue weighted by Gasteiger charge is 2.43. The number of carbonyl (C=O) groups excluding carboxylic acids is 1. The number of rotatable bonds is 6. The maximum atomic E-state index is 12.2. The van der Waals surface area contributed by atoms with E-state index >= 15 is 0 Å². The first-order chi connectivity index (χ1) is 8.20. The third-order valence-corrected chi connectivity index (χ3v) is 4.70. The van der Waals surface area contributed by atoms with E-state index in [0.717, 1.165) is 18.8 Å². The number of amides is 1. The molecule has 4 atom stereocenters. The Labute approximate surface area is 106 Å². The second kappa shape index (κ2) is 5.88. The normalized spacial score (nSPS) is 32.7. The molecule has 1 N–H and O–H groups in total. The zero-order chi connectivity index (χ0) is 12.3. The van der Waals surface area contributed by atoms with Gasteiger partial charge in [0.25, 0.3) is 0 Å². The van der Waals surface area contributed by atoms with Crippen molar-refractivity contribution in [1.29, 1.82) is 0 Å². The quantitative estimate of drug-likeness (QED) is 0.704. The molecule has 2 aliphatic carbocycles. The zero-order valence-electron chi connectivity index (χ0n) is 11.4. The summed E-state index contributed by atoms with van der Waals surface area (Å²) < 4.78 is 0. The molecule has 2 fully saturated rings. The average molecular weight is 237 g/mol. The lowest BCUT2D eigenvalue weighted by molar-refractivity contribution is -0.127. The summed E-state index contributed by atoms with van der Waals surface area (Å²) >= 11 is 0. The van der Waals surface area contributed by atoms with Gasteiger partial charge in [-0.1, -0.05) is 32.6 Å². The van der Waals surface area contributed by atoms with Crippen LogP contribution in [0.5, 0.6) is 0 Å². The Bertz CT molecular complexity index is 264. The highest BCUT2D eigenvalue weighted by molar-refractivity contribution is 5.79. The standard InChI is InChI=1S/C15H27NO/c1-3-4-5-6-11(2)16-15(17)14-10-12-7-8-13(14)9-12/h11-14H,3-10H2,1-2H3,(H,16,17)/t11-,12+,13+,14+/m0/s1. The van der Waals surface area contributed by atoms with Crippen LogP contribution in [0, 0.1) is 17.8 Å². The Balaban J connectivity index is 1.70. The van der Waals surface area contributed by atoms with E-state index < -0.39 is 0 Å². The topological polar surface area (TPSA) is 29.1 Å². The fourth-order valence-electron chi connectivity index (χ4n) is 3.69. The van der Waals surface area contributed by atoms with Gasteiger partial charge in [-0.2, -0.15) is 0 Å². The number of carbonyl (C=O) groups is 1. The molecule has 0 saturated heterocycles. The fraction of sp³-hybridized carbons (Fsp3) is 0.933. The minimum Gasteiger partial charge on any atom is -0.353 e. The summed E-state index contributed by atoms with van der Waals surface area (Å²) in [6.45, 7) is 4.37. The van der Waals surface area contributed by atoms with Crippen LogP contribution in [0.4, 0.5) is 0 Å². The summed E-state index contributed by atoms with van der Waals surface area (Å²) in [4.78, 5) is 12.2. The maximum absolute atomic E-state index is 12.2. The van der Waals surface area contributed by atoms with Crippen LogP contribution in [0.1, 0.15) is 65.2 Å². The highest BCUT2D eigenvalue weighted by Crippen LogP contribution is 2.48. The van der Waals surface area contributed by atoms with Crippen LogP contribution < -0.4 is 5.32 Å². The molecule has 0 unspecified atom stereocenters. The lowest BCUT2D eigenvalue weighted by Crippen LogP contribution is -2.39. The Morgan fingerprint density at radius 3 is 2.71 bits per heavy atom. The van der Waals surface area contributed by atoms with Crippen LogP contribution >= 0.6 is 0 Å². The van der Waals surface area contributed by atoms with Crippen molar-refractivity contribution in [3.05, 3.63) is 0 Å². The Morgan fingerprint density at radius 1 is 1.29 bits per heavy atom. The summed E-state index contributed by atoms with van der Waals surface area (Å²) in [6, 6.07) is 0.369. The van der Waals surface area contributed by atoms with Gasteiger partial charge in [-0.15, -0.1) is 0 Å². The predicted octanol–water partition coefficient (Wildman–Crippen LogP) is 3.51. The van der Waals surface area contributed by atoms with Crippen molar-refractivity contribution < 1.29 is 4.79 Å². The molecule has 2 heteroatoms. The monoisotopic (exact) mass is 237 g/mol. The third-order valence-electron chi connectivity index (χ3n) is 4.70. The molecule has 2 rings (SSSR count). The molecule has 0 aromatic heterocycles. The first-order valence-corrected chi connectivity index (χ1v) is 7.51. The fourth-order valence-corrected chi connectivity index (χ4v) is 3.69. The van der Waals surface area contributed by atoms with E-state index in [-0.39, 0.29) is 0 Å². The average Bonchev–Trinajstić information content (AvgIpc) is 2.91. The molecule has 0 spiro atoms. The van der Waals surface area contributed by atoms with E-state index in [1.807, 2.05) is 0 Å². The third kappa shape index (κ3) is 3.23. The lowest BCUT2D eigenvalue weighted by atomic mass is 9.88. The Hall–Kier alpha value is -0.530. The van der Waals surface area contributed by atoms with Crippen molar-refractivity contribution >= 4 is 5.91 Å². The SMILES string of the molecule is CCCCC[C@H](C)NC(=O)[C@@H]1C[C@@H]2CC[C@@H]1C2. The number of unbranched alkanes of at least 4 members (excludes halogenated alkanes) is 2. The molecule has 0 aromatic rings. The van der Waals surface area contributed by atoms with Gasteiger partial charge in [0.1, 0.15) is 0 Å². The minimum atomic E-state index is 0.348. The van der Waals surface area contributed by atoms with Gasteiger partial charge in [0.15, 0.2) is 0 Å². The van der Waals surface area contributed by atoms with Gasteiger partial charge in [0, 0.05) is 12.0 Å². The van der Waals surface area contributed by atoms with Crippen molar-refractivity contribution in [2.24, 2.45) is 17.8 Å². The predicted molar refractivity (Wildman–Crippen MR) is 70.7 cm³/mol. The summed E-state index contributed by atoms with van der Waals surface area (Å²) in [6.07, 6.45) is 10.1. The second-order valence-corrected chi connectivity index (χ2v) is 6.19. The molecular weight excluding hydrogens is 210 g/mol. The van der Waals surface area contributed by atoms with Crippen LogP contribution in [0.25, 0.3) is 0 Å². The maximum Gasteiger partial charge on any atom is 0.223 e. The molecule has 2 aliphatic rings. The number of nitrogens with one attached hydrogen (secondary N) is 1.